The second-order valence-corrected chi connectivity index (χ2v) is 5.49. The fourth-order valence-electron chi connectivity index (χ4n) is 2.58. The third kappa shape index (κ3) is 5.01. The Labute approximate surface area is 121 Å². The smallest absolute Gasteiger partial charge is 0.322 e. The number of carbonyl (C=O) groups excluding carboxylic acids is 1. The van der Waals surface area contributed by atoms with Crippen molar-refractivity contribution in [2.75, 3.05) is 41.0 Å². The predicted octanol–water partition coefficient (Wildman–Crippen LogP) is 0.262. The van der Waals surface area contributed by atoms with Crippen molar-refractivity contribution in [3.05, 3.63) is 0 Å². The van der Waals surface area contributed by atoms with Crippen LogP contribution in [0.1, 0.15) is 20.3 Å². The van der Waals surface area contributed by atoms with Crippen molar-refractivity contribution in [1.29, 1.82) is 0 Å². The van der Waals surface area contributed by atoms with Gasteiger partial charge in [-0.3, -0.25) is 9.69 Å². The Morgan fingerprint density at radius 2 is 1.75 bits per heavy atom. The number of ether oxygens (including phenoxy) is 3. The maximum absolute atomic E-state index is 11.7. The quantitative estimate of drug-likeness (QED) is 0.647. The van der Waals surface area contributed by atoms with Gasteiger partial charge in [0.2, 0.25) is 0 Å². The molecule has 118 valence electrons. The molecule has 1 fully saturated rings. The van der Waals surface area contributed by atoms with Crippen LogP contribution in [-0.4, -0.2) is 76.1 Å². The number of hydrogen-bond acceptors (Lipinski definition) is 6. The molecule has 1 heterocycles. The lowest BCUT2D eigenvalue weighted by atomic mass is 10.1. The molecule has 0 spiro atoms. The van der Waals surface area contributed by atoms with Gasteiger partial charge in [-0.15, -0.1) is 0 Å². The summed E-state index contributed by atoms with van der Waals surface area (Å²) in [5.74, 6) is -0.204. The SMILES string of the molecule is COC(=O)C(CCN1CC(OC)C(OC)C1)NC(C)C. The lowest BCUT2D eigenvalue weighted by molar-refractivity contribution is -0.143. The summed E-state index contributed by atoms with van der Waals surface area (Å²) in [6.07, 6.45) is 0.932. The first-order valence-corrected chi connectivity index (χ1v) is 7.13. The van der Waals surface area contributed by atoms with Gasteiger partial charge in [0.1, 0.15) is 6.04 Å². The second kappa shape index (κ2) is 8.56. The van der Waals surface area contributed by atoms with E-state index < -0.39 is 0 Å². The first-order chi connectivity index (χ1) is 9.51. The molecule has 0 aromatic rings. The summed E-state index contributed by atoms with van der Waals surface area (Å²) >= 11 is 0. The molecule has 1 saturated heterocycles. The number of nitrogens with zero attached hydrogens (tertiary/aromatic N) is 1. The van der Waals surface area contributed by atoms with Gasteiger partial charge in [-0.05, 0) is 6.42 Å². The van der Waals surface area contributed by atoms with Crippen molar-refractivity contribution in [3.63, 3.8) is 0 Å². The number of likely N-dealkylation sites (tertiary alicyclic amines) is 1. The number of carbonyl (C=O) groups is 1. The van der Waals surface area contributed by atoms with Gasteiger partial charge >= 0.3 is 5.97 Å². The average Bonchev–Trinajstić information content (AvgIpc) is 2.84. The highest BCUT2D eigenvalue weighted by Gasteiger charge is 2.33. The van der Waals surface area contributed by atoms with Gasteiger partial charge in [-0.25, -0.2) is 0 Å². The van der Waals surface area contributed by atoms with Gasteiger partial charge in [-0.1, -0.05) is 13.8 Å². The van der Waals surface area contributed by atoms with Gasteiger partial charge in [0.05, 0.1) is 19.3 Å². The average molecular weight is 288 g/mol. The van der Waals surface area contributed by atoms with Gasteiger partial charge < -0.3 is 19.5 Å². The van der Waals surface area contributed by atoms with E-state index in [4.69, 9.17) is 14.2 Å². The van der Waals surface area contributed by atoms with Crippen LogP contribution in [0.5, 0.6) is 0 Å². The summed E-state index contributed by atoms with van der Waals surface area (Å²) in [4.78, 5) is 14.0. The fraction of sp³-hybridized carbons (Fsp3) is 0.929. The van der Waals surface area contributed by atoms with Gasteiger partial charge in [0.25, 0.3) is 0 Å². The Hall–Kier alpha value is -0.690. The van der Waals surface area contributed by atoms with Crippen LogP contribution in [0.2, 0.25) is 0 Å². The minimum Gasteiger partial charge on any atom is -0.468 e. The minimum atomic E-state index is -0.261. The van der Waals surface area contributed by atoms with Gasteiger partial charge in [-0.2, -0.15) is 0 Å². The standard InChI is InChI=1S/C14H28N2O4/c1-10(2)15-11(14(17)20-5)6-7-16-8-12(18-3)13(9-16)19-4/h10-13,15H,6-9H2,1-5H3. The zero-order chi connectivity index (χ0) is 15.1. The number of nitrogens with one attached hydrogen (secondary N) is 1. The molecule has 0 aromatic heterocycles. The highest BCUT2D eigenvalue weighted by Crippen LogP contribution is 2.16. The molecule has 6 nitrogen and oxygen atoms in total. The molecule has 6 heteroatoms. The lowest BCUT2D eigenvalue weighted by Gasteiger charge is -2.22. The highest BCUT2D eigenvalue weighted by atomic mass is 16.5. The lowest BCUT2D eigenvalue weighted by Crippen LogP contribution is -2.43. The number of rotatable bonds is 8. The number of methoxy groups -OCH3 is 3. The van der Waals surface area contributed by atoms with Crippen LogP contribution < -0.4 is 5.32 Å². The third-order valence-corrected chi connectivity index (χ3v) is 3.65. The Bertz CT molecular complexity index is 287. The van der Waals surface area contributed by atoms with Crippen LogP contribution in [-0.2, 0) is 19.0 Å². The Balaban J connectivity index is 2.45. The van der Waals surface area contributed by atoms with E-state index in [9.17, 15) is 4.79 Å². The normalized spacial score (nSPS) is 25.1. The fourth-order valence-corrected chi connectivity index (χ4v) is 2.58. The Kier molecular flexibility index (Phi) is 7.43. The van der Waals surface area contributed by atoms with E-state index in [0.29, 0.717) is 0 Å². The zero-order valence-corrected chi connectivity index (χ0v) is 13.2. The first kappa shape index (κ1) is 17.4. The molecule has 0 radical (unpaired) electrons. The van der Waals surface area contributed by atoms with E-state index in [1.807, 2.05) is 13.8 Å². The molecule has 20 heavy (non-hydrogen) atoms. The molecule has 0 aromatic carbocycles. The molecule has 3 atom stereocenters. The van der Waals surface area contributed by atoms with Crippen LogP contribution in [0.25, 0.3) is 0 Å². The van der Waals surface area contributed by atoms with Crippen molar-refractivity contribution in [1.82, 2.24) is 10.2 Å². The summed E-state index contributed by atoms with van der Waals surface area (Å²) in [7, 11) is 4.84. The summed E-state index contributed by atoms with van der Waals surface area (Å²) in [6.45, 7) is 6.54. The summed E-state index contributed by atoms with van der Waals surface area (Å²) in [6, 6.07) is -0.0151. The van der Waals surface area contributed by atoms with E-state index in [2.05, 4.69) is 10.2 Å². The maximum Gasteiger partial charge on any atom is 0.322 e. The van der Waals surface area contributed by atoms with Crippen LogP contribution >= 0.6 is 0 Å². The van der Waals surface area contributed by atoms with E-state index in [1.165, 1.54) is 7.11 Å². The van der Waals surface area contributed by atoms with Crippen molar-refractivity contribution in [2.24, 2.45) is 0 Å². The summed E-state index contributed by atoms with van der Waals surface area (Å²) in [5.41, 5.74) is 0. The predicted molar refractivity (Wildman–Crippen MR) is 76.7 cm³/mol. The van der Waals surface area contributed by atoms with Crippen LogP contribution in [0.3, 0.4) is 0 Å². The van der Waals surface area contributed by atoms with Crippen molar-refractivity contribution in [2.45, 2.75) is 44.6 Å². The molecule has 0 amide bonds. The first-order valence-electron chi connectivity index (χ1n) is 7.13. The van der Waals surface area contributed by atoms with Crippen LogP contribution in [0.15, 0.2) is 0 Å². The largest absolute Gasteiger partial charge is 0.468 e. The van der Waals surface area contributed by atoms with Crippen molar-refractivity contribution in [3.8, 4) is 0 Å². The van der Waals surface area contributed by atoms with E-state index in [0.717, 1.165) is 26.1 Å². The molecule has 0 bridgehead atoms. The molecule has 1 aliphatic heterocycles. The molecule has 1 rings (SSSR count). The van der Waals surface area contributed by atoms with E-state index in [-0.39, 0.29) is 30.3 Å². The Morgan fingerprint density at radius 1 is 1.20 bits per heavy atom. The maximum atomic E-state index is 11.7. The van der Waals surface area contributed by atoms with Gasteiger partial charge in [0.15, 0.2) is 0 Å². The second-order valence-electron chi connectivity index (χ2n) is 5.49. The van der Waals surface area contributed by atoms with Crippen molar-refractivity contribution < 1.29 is 19.0 Å². The molecule has 0 aliphatic carbocycles. The molecule has 0 saturated carbocycles. The molecular weight excluding hydrogens is 260 g/mol. The van der Waals surface area contributed by atoms with Crippen LogP contribution in [0.4, 0.5) is 0 Å². The van der Waals surface area contributed by atoms with Crippen LogP contribution in [0, 0.1) is 0 Å². The third-order valence-electron chi connectivity index (χ3n) is 3.65. The monoisotopic (exact) mass is 288 g/mol. The molecular formula is C14H28N2O4. The summed E-state index contributed by atoms with van der Waals surface area (Å²) in [5, 5.41) is 3.24. The number of hydrogen-bond donors (Lipinski definition) is 1. The summed E-state index contributed by atoms with van der Waals surface area (Å²) < 4.78 is 15.7. The van der Waals surface area contributed by atoms with Gasteiger partial charge in [0, 0.05) is 39.9 Å². The molecule has 3 unspecified atom stereocenters. The van der Waals surface area contributed by atoms with E-state index >= 15 is 0 Å². The minimum absolute atomic E-state index is 0.106. The van der Waals surface area contributed by atoms with E-state index in [1.54, 1.807) is 14.2 Å². The highest BCUT2D eigenvalue weighted by molar-refractivity contribution is 5.75. The zero-order valence-electron chi connectivity index (χ0n) is 13.2. The number of esters is 1. The molecule has 1 aliphatic rings. The molecule has 1 N–H and O–H groups in total. The van der Waals surface area contributed by atoms with Crippen molar-refractivity contribution >= 4 is 5.97 Å². The topological polar surface area (TPSA) is 60.0 Å². The Morgan fingerprint density at radius 3 is 2.15 bits per heavy atom.